The number of alkyl halides is 1. The molecule has 0 fully saturated rings. The lowest BCUT2D eigenvalue weighted by Gasteiger charge is -2.19. The summed E-state index contributed by atoms with van der Waals surface area (Å²) in [6.07, 6.45) is 6.45. The number of nitrogens with one attached hydrogen (secondary N) is 1. The summed E-state index contributed by atoms with van der Waals surface area (Å²) in [7, 11) is 0. The molecule has 2 aromatic heterocycles. The molecule has 2 aromatic carbocycles. The zero-order chi connectivity index (χ0) is 23.4. The molecule has 4 aromatic rings. The van der Waals surface area contributed by atoms with E-state index in [0.29, 0.717) is 17.9 Å². The molecule has 0 aliphatic carbocycles. The fourth-order valence-electron chi connectivity index (χ4n) is 4.02. The first-order valence-corrected chi connectivity index (χ1v) is 13.3. The normalized spacial score (nSPS) is 15.1. The van der Waals surface area contributed by atoms with Crippen LogP contribution < -0.4 is 10.7 Å². The van der Waals surface area contributed by atoms with Crippen molar-refractivity contribution in [2.24, 2.45) is 5.92 Å². The maximum atomic E-state index is 11.1. The molecule has 0 aliphatic rings. The first kappa shape index (κ1) is 23.9. The predicted octanol–water partition coefficient (Wildman–Crippen LogP) is 3.72. The summed E-state index contributed by atoms with van der Waals surface area (Å²) in [5.74, 6) is 0.0944. The minimum absolute atomic E-state index is 0.0944. The number of aliphatic hydroxyl groups is 1. The molecule has 4 rings (SSSR count). The second-order valence-electron chi connectivity index (χ2n) is 8.04. The quantitative estimate of drug-likeness (QED) is 0.153. The Morgan fingerprint density at radius 3 is 2.64 bits per heavy atom. The van der Waals surface area contributed by atoms with Gasteiger partial charge in [-0.2, -0.15) is 0 Å². The van der Waals surface area contributed by atoms with Crippen LogP contribution in [0.2, 0.25) is 0 Å². The van der Waals surface area contributed by atoms with Crippen molar-refractivity contribution in [1.82, 2.24) is 14.7 Å². The number of rotatable bonds is 10. The summed E-state index contributed by atoms with van der Waals surface area (Å²) in [5, 5.41) is 17.6. The number of fused-ring (bicyclic) bond motifs is 3. The fraction of sp³-hybridized carbons (Fsp3) is 0.240. The Kier molecular flexibility index (Phi) is 7.79. The Balaban J connectivity index is 1.39. The van der Waals surface area contributed by atoms with E-state index in [4.69, 9.17) is 4.55 Å². The molecule has 0 bridgehead atoms. The van der Waals surface area contributed by atoms with Crippen LogP contribution in [0, 0.1) is 5.92 Å². The van der Waals surface area contributed by atoms with Crippen LogP contribution in [0.4, 0.5) is 0 Å². The molecular formula is C25H26IN3O3S. The topological polar surface area (TPSA) is 86.9 Å². The van der Waals surface area contributed by atoms with E-state index in [2.05, 4.69) is 51.6 Å². The van der Waals surface area contributed by atoms with E-state index in [1.54, 1.807) is 18.5 Å². The van der Waals surface area contributed by atoms with E-state index in [1.165, 1.54) is 0 Å². The second kappa shape index (κ2) is 10.8. The van der Waals surface area contributed by atoms with Gasteiger partial charge in [-0.3, -0.25) is 4.40 Å². The number of aromatic nitrogens is 2. The summed E-state index contributed by atoms with van der Waals surface area (Å²) >= 11 is 0.368. The largest absolute Gasteiger partial charge is 0.389 e. The maximum Gasteiger partial charge on any atom is 0.186 e. The van der Waals surface area contributed by atoms with Gasteiger partial charge in [0.15, 0.2) is 11.1 Å². The minimum Gasteiger partial charge on any atom is -0.389 e. The Bertz CT molecular complexity index is 1340. The zero-order valence-electron chi connectivity index (χ0n) is 18.0. The minimum atomic E-state index is -1.96. The van der Waals surface area contributed by atoms with Crippen molar-refractivity contribution in [3.05, 3.63) is 84.2 Å². The number of aliphatic hydroxyl groups excluding tert-OH is 1. The lowest BCUT2D eigenvalue weighted by atomic mass is 10.00. The van der Waals surface area contributed by atoms with Gasteiger partial charge in [-0.25, -0.2) is 9.19 Å². The molecule has 2 heterocycles. The number of hydrogen-bond donors (Lipinski definition) is 3. The standard InChI is InChI=1S/C25H26IN3O3S/c1-17(12-18-6-8-20(9-7-18)33(31)32)28-11-10-19(14-26)25(30)13-23-21-4-2-3-5-22(21)24-15-27-16-29(23)24/h2-9,13,15-16,19,25,28,30H,1,10-12,14H2,(H,31,32)/b23-13+. The lowest BCUT2D eigenvalue weighted by Crippen LogP contribution is -2.27. The Morgan fingerprint density at radius 2 is 1.94 bits per heavy atom. The van der Waals surface area contributed by atoms with E-state index in [9.17, 15) is 9.32 Å². The van der Waals surface area contributed by atoms with Gasteiger partial charge in [-0.1, -0.05) is 65.6 Å². The van der Waals surface area contributed by atoms with Gasteiger partial charge in [0.05, 0.1) is 34.4 Å². The Morgan fingerprint density at radius 1 is 1.21 bits per heavy atom. The predicted molar refractivity (Wildman–Crippen MR) is 142 cm³/mol. The molecule has 6 nitrogen and oxygen atoms in total. The molecule has 33 heavy (non-hydrogen) atoms. The van der Waals surface area contributed by atoms with Crippen LogP contribution in [-0.2, 0) is 17.5 Å². The molecule has 0 aliphatic heterocycles. The third-order valence-electron chi connectivity index (χ3n) is 5.82. The second-order valence-corrected chi connectivity index (χ2v) is 9.89. The van der Waals surface area contributed by atoms with Gasteiger partial charge in [0, 0.05) is 33.9 Å². The number of nitrogens with zero attached hydrogens (tertiary/aromatic N) is 2. The van der Waals surface area contributed by atoms with Gasteiger partial charge in [0.2, 0.25) is 0 Å². The van der Waals surface area contributed by atoms with Crippen LogP contribution in [-0.4, -0.2) is 40.3 Å². The summed E-state index contributed by atoms with van der Waals surface area (Å²) in [4.78, 5) is 4.66. The van der Waals surface area contributed by atoms with Crippen molar-refractivity contribution in [1.29, 1.82) is 0 Å². The summed E-state index contributed by atoms with van der Waals surface area (Å²) in [5.41, 5.74) is 2.94. The molecule has 8 heteroatoms. The first-order valence-electron chi connectivity index (χ1n) is 10.7. The highest BCUT2D eigenvalue weighted by Gasteiger charge is 2.17. The van der Waals surface area contributed by atoms with Crippen molar-refractivity contribution in [3.63, 3.8) is 0 Å². The fourth-order valence-corrected chi connectivity index (χ4v) is 5.35. The smallest absolute Gasteiger partial charge is 0.186 e. The highest BCUT2D eigenvalue weighted by atomic mass is 127. The van der Waals surface area contributed by atoms with E-state index in [-0.39, 0.29) is 5.92 Å². The van der Waals surface area contributed by atoms with Gasteiger partial charge < -0.3 is 15.0 Å². The maximum absolute atomic E-state index is 11.1. The van der Waals surface area contributed by atoms with Gasteiger partial charge in [0.25, 0.3) is 0 Å². The summed E-state index contributed by atoms with van der Waals surface area (Å²) < 4.78 is 23.1. The van der Waals surface area contributed by atoms with Gasteiger partial charge in [-0.05, 0) is 36.1 Å². The molecule has 3 atom stereocenters. The van der Waals surface area contributed by atoms with E-state index in [1.807, 2.05) is 40.9 Å². The highest BCUT2D eigenvalue weighted by Crippen LogP contribution is 2.19. The molecule has 0 amide bonds. The number of allylic oxidation sites excluding steroid dienone is 1. The molecule has 3 unspecified atom stereocenters. The van der Waals surface area contributed by atoms with Gasteiger partial charge >= 0.3 is 0 Å². The summed E-state index contributed by atoms with van der Waals surface area (Å²) in [6.45, 7) is 4.80. The molecule has 0 spiro atoms. The Hall–Kier alpha value is -2.27. The van der Waals surface area contributed by atoms with Crippen molar-refractivity contribution in [3.8, 4) is 0 Å². The molecule has 0 radical (unpaired) electrons. The van der Waals surface area contributed by atoms with Crippen molar-refractivity contribution >= 4 is 56.0 Å². The molecule has 0 saturated heterocycles. The van der Waals surface area contributed by atoms with E-state index >= 15 is 0 Å². The molecule has 3 N–H and O–H groups in total. The molecule has 172 valence electrons. The van der Waals surface area contributed by atoms with Crippen LogP contribution in [0.1, 0.15) is 12.0 Å². The van der Waals surface area contributed by atoms with Crippen molar-refractivity contribution in [2.45, 2.75) is 23.8 Å². The van der Waals surface area contributed by atoms with Crippen LogP contribution in [0.3, 0.4) is 0 Å². The Labute approximate surface area is 208 Å². The van der Waals surface area contributed by atoms with Crippen LogP contribution in [0.15, 0.2) is 78.2 Å². The zero-order valence-corrected chi connectivity index (χ0v) is 21.0. The van der Waals surface area contributed by atoms with E-state index < -0.39 is 17.2 Å². The van der Waals surface area contributed by atoms with E-state index in [0.717, 1.165) is 43.7 Å². The van der Waals surface area contributed by atoms with Gasteiger partial charge in [0.1, 0.15) is 0 Å². The third-order valence-corrected chi connectivity index (χ3v) is 7.63. The monoisotopic (exact) mass is 575 g/mol. The van der Waals surface area contributed by atoms with Crippen molar-refractivity contribution < 1.29 is 13.9 Å². The first-order chi connectivity index (χ1) is 16.0. The van der Waals surface area contributed by atoms with Crippen LogP contribution >= 0.6 is 22.6 Å². The number of hydrogen-bond acceptors (Lipinski definition) is 4. The molecular weight excluding hydrogens is 549 g/mol. The van der Waals surface area contributed by atoms with Crippen LogP contribution in [0.5, 0.6) is 0 Å². The SMILES string of the molecule is C=C(Cc1ccc(S(=O)O)cc1)NCCC(CI)C(O)/C=c1\c2ccccc2c2cncn12. The average Bonchev–Trinajstić information content (AvgIpc) is 3.40. The number of halogens is 1. The van der Waals surface area contributed by atoms with Gasteiger partial charge in [-0.15, -0.1) is 0 Å². The number of imidazole rings is 1. The van der Waals surface area contributed by atoms with Crippen molar-refractivity contribution in [2.75, 3.05) is 11.0 Å². The van der Waals surface area contributed by atoms with Crippen LogP contribution in [0.25, 0.3) is 22.4 Å². The third kappa shape index (κ3) is 5.46. The number of benzene rings is 2. The lowest BCUT2D eigenvalue weighted by molar-refractivity contribution is 0.175. The molecule has 0 saturated carbocycles. The highest BCUT2D eigenvalue weighted by molar-refractivity contribution is 14.1. The average molecular weight is 575 g/mol. The summed E-state index contributed by atoms with van der Waals surface area (Å²) in [6, 6.07) is 15.2.